The molecule has 0 saturated carbocycles. The van der Waals surface area contributed by atoms with Crippen LogP contribution in [0, 0.1) is 11.8 Å². The van der Waals surface area contributed by atoms with Crippen molar-refractivity contribution in [1.82, 2.24) is 5.32 Å². The van der Waals surface area contributed by atoms with E-state index in [0.29, 0.717) is 12.8 Å². The van der Waals surface area contributed by atoms with Crippen molar-refractivity contribution in [3.05, 3.63) is 35.4 Å². The van der Waals surface area contributed by atoms with Crippen LogP contribution >= 0.6 is 0 Å². The Labute approximate surface area is 95.5 Å². The minimum Gasteiger partial charge on any atom is -0.395 e. The van der Waals surface area contributed by atoms with E-state index in [1.165, 1.54) is 0 Å². The van der Waals surface area contributed by atoms with E-state index in [9.17, 15) is 4.79 Å². The second kappa shape index (κ2) is 6.65. The number of hydrogen-bond acceptors (Lipinski definition) is 2. The van der Waals surface area contributed by atoms with Gasteiger partial charge in [0.05, 0.1) is 13.0 Å². The Morgan fingerprint density at radius 2 is 2.06 bits per heavy atom. The third kappa shape index (κ3) is 4.16. The van der Waals surface area contributed by atoms with Crippen molar-refractivity contribution >= 4 is 5.91 Å². The molecule has 1 rings (SSSR count). The lowest BCUT2D eigenvalue weighted by molar-refractivity contribution is -0.119. The third-order valence-corrected chi connectivity index (χ3v) is 2.07. The van der Waals surface area contributed by atoms with Crippen LogP contribution in [0.2, 0.25) is 0 Å². The highest BCUT2D eigenvalue weighted by molar-refractivity contribution is 5.78. The summed E-state index contributed by atoms with van der Waals surface area (Å²) >= 11 is 0. The molecule has 2 N–H and O–H groups in total. The minimum absolute atomic E-state index is 0.000820. The van der Waals surface area contributed by atoms with E-state index >= 15 is 0 Å². The smallest absolute Gasteiger partial charge is 0.224 e. The summed E-state index contributed by atoms with van der Waals surface area (Å²) in [6, 6.07) is 7.53. The normalized spacial score (nSPS) is 9.12. The summed E-state index contributed by atoms with van der Waals surface area (Å²) in [5, 5.41) is 11.1. The van der Waals surface area contributed by atoms with Crippen molar-refractivity contribution < 1.29 is 9.90 Å². The molecular formula is C13H15NO2. The van der Waals surface area contributed by atoms with Gasteiger partial charge in [-0.2, -0.15) is 0 Å². The Morgan fingerprint density at radius 3 is 2.62 bits per heavy atom. The average molecular weight is 217 g/mol. The molecule has 16 heavy (non-hydrogen) atoms. The molecule has 0 aliphatic carbocycles. The standard InChI is InChI=1S/C13H15NO2/c1-14-13(16)10-12-7-5-11(6-8-12)4-2-3-9-15/h5-8,15H,3,9-10H2,1H3,(H,14,16). The van der Waals surface area contributed by atoms with Gasteiger partial charge < -0.3 is 10.4 Å². The zero-order valence-corrected chi connectivity index (χ0v) is 9.29. The summed E-state index contributed by atoms with van der Waals surface area (Å²) in [6.45, 7) is 0.0851. The molecule has 0 unspecified atom stereocenters. The van der Waals surface area contributed by atoms with E-state index in [4.69, 9.17) is 5.11 Å². The zero-order valence-electron chi connectivity index (χ0n) is 9.29. The number of nitrogens with one attached hydrogen (secondary N) is 1. The Kier molecular flexibility index (Phi) is 5.10. The van der Waals surface area contributed by atoms with Crippen LogP contribution in [0.1, 0.15) is 17.5 Å². The first kappa shape index (κ1) is 12.3. The number of carbonyl (C=O) groups excluding carboxylic acids is 1. The lowest BCUT2D eigenvalue weighted by Crippen LogP contribution is -2.19. The topological polar surface area (TPSA) is 49.3 Å². The van der Waals surface area contributed by atoms with Crippen LogP contribution in [0.4, 0.5) is 0 Å². The second-order valence-corrected chi connectivity index (χ2v) is 3.32. The molecule has 1 aromatic carbocycles. The molecule has 0 aliphatic rings. The van der Waals surface area contributed by atoms with Gasteiger partial charge in [0, 0.05) is 19.0 Å². The zero-order chi connectivity index (χ0) is 11.8. The monoisotopic (exact) mass is 217 g/mol. The van der Waals surface area contributed by atoms with Gasteiger partial charge in [-0.05, 0) is 17.7 Å². The number of aliphatic hydroxyl groups is 1. The van der Waals surface area contributed by atoms with E-state index in [-0.39, 0.29) is 12.5 Å². The molecule has 0 atom stereocenters. The van der Waals surface area contributed by atoms with Crippen LogP contribution in [0.5, 0.6) is 0 Å². The summed E-state index contributed by atoms with van der Waals surface area (Å²) in [5.74, 6) is 5.77. The van der Waals surface area contributed by atoms with Crippen molar-refractivity contribution in [2.24, 2.45) is 0 Å². The largest absolute Gasteiger partial charge is 0.395 e. The SMILES string of the molecule is CNC(=O)Cc1ccc(C#CCCO)cc1. The van der Waals surface area contributed by atoms with Crippen molar-refractivity contribution in [2.45, 2.75) is 12.8 Å². The van der Waals surface area contributed by atoms with Gasteiger partial charge in [0.25, 0.3) is 0 Å². The quantitative estimate of drug-likeness (QED) is 0.733. The van der Waals surface area contributed by atoms with E-state index in [1.807, 2.05) is 24.3 Å². The van der Waals surface area contributed by atoms with Gasteiger partial charge in [-0.1, -0.05) is 24.0 Å². The summed E-state index contributed by atoms with van der Waals surface area (Å²) in [5.41, 5.74) is 1.86. The van der Waals surface area contributed by atoms with Gasteiger partial charge in [-0.3, -0.25) is 4.79 Å². The number of carbonyl (C=O) groups is 1. The lowest BCUT2D eigenvalue weighted by atomic mass is 10.1. The molecule has 0 aliphatic heterocycles. The first-order chi connectivity index (χ1) is 7.76. The molecule has 0 heterocycles. The van der Waals surface area contributed by atoms with Gasteiger partial charge in [-0.25, -0.2) is 0 Å². The van der Waals surface area contributed by atoms with Gasteiger partial charge in [0.1, 0.15) is 0 Å². The highest BCUT2D eigenvalue weighted by Gasteiger charge is 1.99. The van der Waals surface area contributed by atoms with Crippen molar-refractivity contribution in [3.63, 3.8) is 0 Å². The Hall–Kier alpha value is -1.79. The maximum atomic E-state index is 11.1. The number of benzene rings is 1. The molecule has 0 fully saturated rings. The summed E-state index contributed by atoms with van der Waals surface area (Å²) in [7, 11) is 1.62. The fourth-order valence-corrected chi connectivity index (χ4v) is 1.20. The molecule has 3 nitrogen and oxygen atoms in total. The molecule has 1 amide bonds. The third-order valence-electron chi connectivity index (χ3n) is 2.07. The molecule has 3 heteroatoms. The van der Waals surface area contributed by atoms with Crippen LogP contribution in [0.15, 0.2) is 24.3 Å². The predicted molar refractivity (Wildman–Crippen MR) is 62.8 cm³/mol. The van der Waals surface area contributed by atoms with Crippen molar-refractivity contribution in [3.8, 4) is 11.8 Å². The molecule has 0 saturated heterocycles. The van der Waals surface area contributed by atoms with E-state index < -0.39 is 0 Å². The van der Waals surface area contributed by atoms with E-state index in [0.717, 1.165) is 11.1 Å². The summed E-state index contributed by atoms with van der Waals surface area (Å²) in [4.78, 5) is 11.1. The lowest BCUT2D eigenvalue weighted by Gasteiger charge is -2.00. The molecular weight excluding hydrogens is 202 g/mol. The molecule has 0 spiro atoms. The fraction of sp³-hybridized carbons (Fsp3) is 0.308. The van der Waals surface area contributed by atoms with Crippen LogP contribution < -0.4 is 5.32 Å². The first-order valence-electron chi connectivity index (χ1n) is 5.15. The highest BCUT2D eigenvalue weighted by atomic mass is 16.2. The number of aliphatic hydroxyl groups excluding tert-OH is 1. The Balaban J connectivity index is 2.62. The number of hydrogen-bond donors (Lipinski definition) is 2. The minimum atomic E-state index is -0.000820. The number of amides is 1. The van der Waals surface area contributed by atoms with Crippen LogP contribution in [-0.4, -0.2) is 24.7 Å². The van der Waals surface area contributed by atoms with E-state index in [1.54, 1.807) is 7.05 Å². The number of likely N-dealkylation sites (N-methyl/N-ethyl adjacent to an activating group) is 1. The van der Waals surface area contributed by atoms with Gasteiger partial charge in [0.15, 0.2) is 0 Å². The maximum absolute atomic E-state index is 11.1. The van der Waals surface area contributed by atoms with Gasteiger partial charge in [0.2, 0.25) is 5.91 Å². The van der Waals surface area contributed by atoms with E-state index in [2.05, 4.69) is 17.2 Å². The van der Waals surface area contributed by atoms with Gasteiger partial charge >= 0.3 is 0 Å². The highest BCUT2D eigenvalue weighted by Crippen LogP contribution is 2.04. The molecule has 0 bridgehead atoms. The predicted octanol–water partition coefficient (Wildman–Crippen LogP) is 0.709. The first-order valence-corrected chi connectivity index (χ1v) is 5.15. The Morgan fingerprint density at radius 1 is 1.38 bits per heavy atom. The van der Waals surface area contributed by atoms with Crippen LogP contribution in [0.25, 0.3) is 0 Å². The molecule has 84 valence electrons. The maximum Gasteiger partial charge on any atom is 0.224 e. The van der Waals surface area contributed by atoms with Crippen LogP contribution in [-0.2, 0) is 11.2 Å². The molecule has 0 aromatic heterocycles. The fourth-order valence-electron chi connectivity index (χ4n) is 1.20. The van der Waals surface area contributed by atoms with Crippen molar-refractivity contribution in [1.29, 1.82) is 0 Å². The molecule has 1 aromatic rings. The van der Waals surface area contributed by atoms with Crippen LogP contribution in [0.3, 0.4) is 0 Å². The molecule has 0 radical (unpaired) electrons. The van der Waals surface area contributed by atoms with Gasteiger partial charge in [-0.15, -0.1) is 0 Å². The second-order valence-electron chi connectivity index (χ2n) is 3.32. The summed E-state index contributed by atoms with van der Waals surface area (Å²) in [6.07, 6.45) is 0.876. The Bertz CT molecular complexity index is 398. The number of rotatable bonds is 3. The van der Waals surface area contributed by atoms with Crippen molar-refractivity contribution in [2.75, 3.05) is 13.7 Å². The summed E-state index contributed by atoms with van der Waals surface area (Å²) < 4.78 is 0. The average Bonchev–Trinajstić information content (AvgIpc) is 2.31.